The van der Waals surface area contributed by atoms with Gasteiger partial charge in [0.15, 0.2) is 0 Å². The fourth-order valence-corrected chi connectivity index (χ4v) is 4.66. The van der Waals surface area contributed by atoms with Crippen LogP contribution in [0.5, 0.6) is 0 Å². The average Bonchev–Trinajstić information content (AvgIpc) is 3.36. The summed E-state index contributed by atoms with van der Waals surface area (Å²) in [6, 6.07) is 9.61. The number of rotatable bonds is 10. The van der Waals surface area contributed by atoms with Crippen molar-refractivity contribution >= 4 is 34.4 Å². The molecule has 0 saturated carbocycles. The summed E-state index contributed by atoms with van der Waals surface area (Å²) in [5.74, 6) is 1.42. The number of piperazine rings is 1. The van der Waals surface area contributed by atoms with E-state index >= 15 is 0 Å². The van der Waals surface area contributed by atoms with Crippen molar-refractivity contribution in [2.24, 2.45) is 5.92 Å². The highest BCUT2D eigenvalue weighted by Gasteiger charge is 2.23. The lowest BCUT2D eigenvalue weighted by Gasteiger charge is -2.35. The summed E-state index contributed by atoms with van der Waals surface area (Å²) in [6.07, 6.45) is 5.80. The van der Waals surface area contributed by atoms with E-state index in [1.54, 1.807) is 0 Å². The number of amides is 2. The normalized spacial score (nSPS) is 14.4. The first kappa shape index (κ1) is 25.6. The average molecular weight is 492 g/mol. The lowest BCUT2D eigenvalue weighted by molar-refractivity contribution is -0.118. The number of H-pyrrole nitrogens is 1. The maximum Gasteiger partial charge on any atom is 0.254 e. The maximum atomic E-state index is 13.4. The molecule has 1 aliphatic rings. The minimum Gasteiger partial charge on any atom is -0.355 e. The second-order valence-corrected chi connectivity index (χ2v) is 9.79. The van der Waals surface area contributed by atoms with E-state index in [9.17, 15) is 9.59 Å². The van der Waals surface area contributed by atoms with Crippen LogP contribution in [-0.4, -0.2) is 82.4 Å². The van der Waals surface area contributed by atoms with Crippen molar-refractivity contribution in [2.75, 3.05) is 50.7 Å². The molecule has 4 rings (SSSR count). The fraction of sp³-hybridized carbons (Fsp3) is 0.481. The Morgan fingerprint density at radius 3 is 2.69 bits per heavy atom. The standard InChI is InChI=1S/C27H37N7O2/c1-20(2)6-5-12-32-14-16-33(17-15-32)27(36)22-7-4-8-23(18-22)34(13-11-28-21(3)35)26-24-9-10-29-25(24)30-19-31-26/h4,7-10,18-20H,5-6,11-17H2,1-3H3,(H,28,35)(H,29,30,31). The van der Waals surface area contributed by atoms with E-state index in [1.165, 1.54) is 26.1 Å². The fourth-order valence-electron chi connectivity index (χ4n) is 4.66. The minimum absolute atomic E-state index is 0.0509. The van der Waals surface area contributed by atoms with Crippen molar-refractivity contribution in [1.82, 2.24) is 30.1 Å². The third-order valence-corrected chi connectivity index (χ3v) is 6.62. The van der Waals surface area contributed by atoms with Crippen molar-refractivity contribution < 1.29 is 9.59 Å². The number of carbonyl (C=O) groups is 2. The quantitative estimate of drug-likeness (QED) is 0.451. The van der Waals surface area contributed by atoms with Crippen molar-refractivity contribution in [2.45, 2.75) is 33.6 Å². The Balaban J connectivity index is 1.49. The molecule has 0 radical (unpaired) electrons. The van der Waals surface area contributed by atoms with Gasteiger partial charge in [0.25, 0.3) is 5.91 Å². The number of nitrogens with zero attached hydrogens (tertiary/aromatic N) is 5. The SMILES string of the molecule is CC(=O)NCCN(c1cccc(C(=O)N2CCN(CCCC(C)C)CC2)c1)c1ncnc2[nH]ccc12. The number of fused-ring (bicyclic) bond motifs is 1. The zero-order valence-corrected chi connectivity index (χ0v) is 21.5. The summed E-state index contributed by atoms with van der Waals surface area (Å²) < 4.78 is 0. The Morgan fingerprint density at radius 1 is 1.14 bits per heavy atom. The van der Waals surface area contributed by atoms with Gasteiger partial charge < -0.3 is 20.1 Å². The van der Waals surface area contributed by atoms with E-state index in [1.807, 2.05) is 46.3 Å². The predicted octanol–water partition coefficient (Wildman–Crippen LogP) is 3.43. The molecule has 3 aromatic rings. The van der Waals surface area contributed by atoms with Gasteiger partial charge in [0.05, 0.1) is 5.39 Å². The molecule has 1 fully saturated rings. The van der Waals surface area contributed by atoms with Gasteiger partial charge in [-0.25, -0.2) is 9.97 Å². The summed E-state index contributed by atoms with van der Waals surface area (Å²) in [4.78, 5) is 43.3. The summed E-state index contributed by atoms with van der Waals surface area (Å²) in [5.41, 5.74) is 2.24. The topological polar surface area (TPSA) is 97.5 Å². The van der Waals surface area contributed by atoms with E-state index in [4.69, 9.17) is 0 Å². The van der Waals surface area contributed by atoms with Gasteiger partial charge in [0.2, 0.25) is 5.91 Å². The number of nitrogens with one attached hydrogen (secondary N) is 2. The molecule has 1 saturated heterocycles. The van der Waals surface area contributed by atoms with Crippen LogP contribution in [0.25, 0.3) is 11.0 Å². The van der Waals surface area contributed by atoms with Gasteiger partial charge >= 0.3 is 0 Å². The highest BCUT2D eigenvalue weighted by Crippen LogP contribution is 2.29. The van der Waals surface area contributed by atoms with Crippen molar-refractivity contribution in [1.29, 1.82) is 0 Å². The Hall–Kier alpha value is -3.46. The number of anilines is 2. The van der Waals surface area contributed by atoms with E-state index in [0.29, 0.717) is 18.7 Å². The van der Waals surface area contributed by atoms with Gasteiger partial charge in [0.1, 0.15) is 17.8 Å². The largest absolute Gasteiger partial charge is 0.355 e. The molecule has 1 aliphatic heterocycles. The first-order chi connectivity index (χ1) is 17.4. The molecule has 3 heterocycles. The summed E-state index contributed by atoms with van der Waals surface area (Å²) >= 11 is 0. The second kappa shape index (κ2) is 12.0. The molecule has 1 aromatic carbocycles. The number of hydrogen-bond acceptors (Lipinski definition) is 6. The van der Waals surface area contributed by atoms with Gasteiger partial charge in [-0.15, -0.1) is 0 Å². The molecule has 192 valence electrons. The predicted molar refractivity (Wildman–Crippen MR) is 142 cm³/mol. The van der Waals surface area contributed by atoms with Gasteiger partial charge in [-0.05, 0) is 49.6 Å². The van der Waals surface area contributed by atoms with Gasteiger partial charge in [-0.2, -0.15) is 0 Å². The Morgan fingerprint density at radius 2 is 1.94 bits per heavy atom. The molecule has 2 amide bonds. The van der Waals surface area contributed by atoms with Crippen LogP contribution in [0.4, 0.5) is 11.5 Å². The van der Waals surface area contributed by atoms with Gasteiger partial charge in [-0.3, -0.25) is 14.5 Å². The monoisotopic (exact) mass is 491 g/mol. The van der Waals surface area contributed by atoms with Crippen LogP contribution in [0.15, 0.2) is 42.9 Å². The Labute approximate surface area is 212 Å². The zero-order valence-electron chi connectivity index (χ0n) is 21.5. The second-order valence-electron chi connectivity index (χ2n) is 9.79. The van der Waals surface area contributed by atoms with Crippen LogP contribution in [0, 0.1) is 5.92 Å². The molecule has 9 heteroatoms. The van der Waals surface area contributed by atoms with E-state index in [2.05, 4.69) is 39.0 Å². The van der Waals surface area contributed by atoms with E-state index in [-0.39, 0.29) is 11.8 Å². The lowest BCUT2D eigenvalue weighted by atomic mass is 10.1. The lowest BCUT2D eigenvalue weighted by Crippen LogP contribution is -2.48. The van der Waals surface area contributed by atoms with Gasteiger partial charge in [-0.1, -0.05) is 19.9 Å². The van der Waals surface area contributed by atoms with Crippen LogP contribution < -0.4 is 10.2 Å². The molecule has 0 spiro atoms. The molecular weight excluding hydrogens is 454 g/mol. The van der Waals surface area contributed by atoms with Crippen LogP contribution >= 0.6 is 0 Å². The van der Waals surface area contributed by atoms with E-state index < -0.39 is 0 Å². The molecular formula is C27H37N7O2. The van der Waals surface area contributed by atoms with Crippen molar-refractivity contribution in [3.8, 4) is 0 Å². The van der Waals surface area contributed by atoms with Crippen LogP contribution in [0.1, 0.15) is 44.0 Å². The highest BCUT2D eigenvalue weighted by molar-refractivity contribution is 5.96. The number of carbonyl (C=O) groups excluding carboxylic acids is 2. The van der Waals surface area contributed by atoms with Crippen LogP contribution in [0.2, 0.25) is 0 Å². The number of hydrogen-bond donors (Lipinski definition) is 2. The maximum absolute atomic E-state index is 13.4. The Kier molecular flexibility index (Phi) is 8.53. The first-order valence-corrected chi connectivity index (χ1v) is 12.8. The smallest absolute Gasteiger partial charge is 0.254 e. The van der Waals surface area contributed by atoms with E-state index in [0.717, 1.165) is 61.2 Å². The van der Waals surface area contributed by atoms with Crippen LogP contribution in [-0.2, 0) is 4.79 Å². The summed E-state index contributed by atoms with van der Waals surface area (Å²) in [5, 5.41) is 3.74. The third kappa shape index (κ3) is 6.40. The van der Waals surface area contributed by atoms with Crippen molar-refractivity contribution in [3.05, 3.63) is 48.4 Å². The Bertz CT molecular complexity index is 1170. The number of aromatic nitrogens is 3. The minimum atomic E-state index is -0.0864. The number of aromatic amines is 1. The highest BCUT2D eigenvalue weighted by atomic mass is 16.2. The summed E-state index contributed by atoms with van der Waals surface area (Å²) in [7, 11) is 0. The van der Waals surface area contributed by atoms with Crippen LogP contribution in [0.3, 0.4) is 0 Å². The van der Waals surface area contributed by atoms with Gasteiger partial charge in [0, 0.05) is 63.6 Å². The molecule has 2 N–H and O–H groups in total. The molecule has 0 atom stereocenters. The molecule has 36 heavy (non-hydrogen) atoms. The molecule has 2 aromatic heterocycles. The number of benzene rings is 1. The zero-order chi connectivity index (χ0) is 25.5. The van der Waals surface area contributed by atoms with Crippen molar-refractivity contribution in [3.63, 3.8) is 0 Å². The summed E-state index contributed by atoms with van der Waals surface area (Å²) in [6.45, 7) is 11.4. The molecule has 0 bridgehead atoms. The third-order valence-electron chi connectivity index (χ3n) is 6.62. The molecule has 0 unspecified atom stereocenters. The first-order valence-electron chi connectivity index (χ1n) is 12.8. The molecule has 9 nitrogen and oxygen atoms in total. The molecule has 0 aliphatic carbocycles.